The lowest BCUT2D eigenvalue weighted by Gasteiger charge is -2.19. The number of hydrogen-bond donors (Lipinski definition) is 2. The number of alkyl carbamates (subject to hydrolysis) is 1. The van der Waals surface area contributed by atoms with E-state index in [1.807, 2.05) is 0 Å². The van der Waals surface area contributed by atoms with Gasteiger partial charge >= 0.3 is 6.09 Å². The standard InChI is InChI=1S/C17H23NO4/c1-5-14(19)13-11-12(8-9-15(13)20)7-6-10-18-16(21)22-17(2,3)4/h6-9,11,20H,5,10H2,1-4H3,(H,18,21). The average Bonchev–Trinajstić information content (AvgIpc) is 2.42. The highest BCUT2D eigenvalue weighted by Crippen LogP contribution is 2.20. The van der Waals surface area contributed by atoms with Crippen molar-refractivity contribution in [2.24, 2.45) is 0 Å². The van der Waals surface area contributed by atoms with Gasteiger partial charge in [-0.2, -0.15) is 0 Å². The van der Waals surface area contributed by atoms with Crippen LogP contribution in [-0.2, 0) is 4.74 Å². The number of phenolic OH excluding ortho intramolecular Hbond substituents is 1. The van der Waals surface area contributed by atoms with Crippen LogP contribution in [0, 0.1) is 0 Å². The topological polar surface area (TPSA) is 75.6 Å². The Morgan fingerprint density at radius 3 is 2.59 bits per heavy atom. The zero-order valence-electron chi connectivity index (χ0n) is 13.5. The third kappa shape index (κ3) is 5.99. The predicted octanol–water partition coefficient (Wildman–Crippen LogP) is 3.52. The minimum absolute atomic E-state index is 0.0177. The molecule has 5 heteroatoms. The summed E-state index contributed by atoms with van der Waals surface area (Å²) < 4.78 is 5.11. The van der Waals surface area contributed by atoms with E-state index in [1.54, 1.807) is 52.0 Å². The van der Waals surface area contributed by atoms with Crippen molar-refractivity contribution >= 4 is 18.0 Å². The van der Waals surface area contributed by atoms with Gasteiger partial charge in [0.15, 0.2) is 5.78 Å². The first kappa shape index (κ1) is 17.8. The van der Waals surface area contributed by atoms with Crippen LogP contribution in [0.3, 0.4) is 0 Å². The van der Waals surface area contributed by atoms with Gasteiger partial charge in [0.05, 0.1) is 5.56 Å². The number of carbonyl (C=O) groups excluding carboxylic acids is 2. The summed E-state index contributed by atoms with van der Waals surface area (Å²) in [6, 6.07) is 4.82. The highest BCUT2D eigenvalue weighted by Gasteiger charge is 2.15. The van der Waals surface area contributed by atoms with Gasteiger partial charge in [-0.1, -0.05) is 25.1 Å². The summed E-state index contributed by atoms with van der Waals surface area (Å²) in [6.45, 7) is 7.45. The number of amides is 1. The van der Waals surface area contributed by atoms with Gasteiger partial charge in [0.25, 0.3) is 0 Å². The number of aromatic hydroxyl groups is 1. The zero-order chi connectivity index (χ0) is 16.8. The molecule has 0 aliphatic carbocycles. The van der Waals surface area contributed by atoms with E-state index < -0.39 is 11.7 Å². The first-order chi connectivity index (χ1) is 10.2. The van der Waals surface area contributed by atoms with Crippen LogP contribution in [0.25, 0.3) is 6.08 Å². The van der Waals surface area contributed by atoms with Crippen molar-refractivity contribution in [2.75, 3.05) is 6.54 Å². The molecule has 0 atom stereocenters. The Labute approximate surface area is 131 Å². The molecular weight excluding hydrogens is 282 g/mol. The molecule has 0 aliphatic heterocycles. The van der Waals surface area contributed by atoms with Crippen LogP contribution in [0.1, 0.15) is 50.0 Å². The fourth-order valence-corrected chi connectivity index (χ4v) is 1.72. The molecular formula is C17H23NO4. The number of rotatable bonds is 5. The fraction of sp³-hybridized carbons (Fsp3) is 0.412. The number of ether oxygens (including phenoxy) is 1. The smallest absolute Gasteiger partial charge is 0.407 e. The highest BCUT2D eigenvalue weighted by atomic mass is 16.6. The second-order valence-electron chi connectivity index (χ2n) is 5.84. The maximum Gasteiger partial charge on any atom is 0.407 e. The predicted molar refractivity (Wildman–Crippen MR) is 86.0 cm³/mol. The van der Waals surface area contributed by atoms with Crippen molar-refractivity contribution in [3.05, 3.63) is 35.4 Å². The van der Waals surface area contributed by atoms with E-state index in [-0.39, 0.29) is 11.5 Å². The van der Waals surface area contributed by atoms with Crippen LogP contribution in [0.5, 0.6) is 5.75 Å². The molecule has 0 saturated carbocycles. The van der Waals surface area contributed by atoms with Gasteiger partial charge in [-0.05, 0) is 38.5 Å². The van der Waals surface area contributed by atoms with Gasteiger partial charge in [-0.25, -0.2) is 4.79 Å². The molecule has 5 nitrogen and oxygen atoms in total. The first-order valence-corrected chi connectivity index (χ1v) is 7.22. The third-order valence-corrected chi connectivity index (χ3v) is 2.72. The molecule has 0 aromatic heterocycles. The Balaban J connectivity index is 2.60. The number of hydrogen-bond acceptors (Lipinski definition) is 4. The molecule has 0 spiro atoms. The van der Waals surface area contributed by atoms with Crippen LogP contribution in [0.4, 0.5) is 4.79 Å². The number of phenols is 1. The number of ketones is 1. The molecule has 2 N–H and O–H groups in total. The van der Waals surface area contributed by atoms with E-state index in [1.165, 1.54) is 6.07 Å². The molecule has 1 aromatic rings. The monoisotopic (exact) mass is 305 g/mol. The fourth-order valence-electron chi connectivity index (χ4n) is 1.72. The van der Waals surface area contributed by atoms with E-state index in [0.717, 1.165) is 5.56 Å². The summed E-state index contributed by atoms with van der Waals surface area (Å²) in [6.07, 6.45) is 3.37. The molecule has 120 valence electrons. The maximum absolute atomic E-state index is 11.7. The van der Waals surface area contributed by atoms with Gasteiger partial charge in [-0.15, -0.1) is 0 Å². The van der Waals surface area contributed by atoms with Crippen molar-refractivity contribution in [3.8, 4) is 5.75 Å². The van der Waals surface area contributed by atoms with Crippen molar-refractivity contribution in [2.45, 2.75) is 39.7 Å². The molecule has 0 saturated heterocycles. The second kappa shape index (κ2) is 7.64. The SMILES string of the molecule is CCC(=O)c1cc(C=CCNC(=O)OC(C)(C)C)ccc1O. The Bertz CT molecular complexity index is 571. The first-order valence-electron chi connectivity index (χ1n) is 7.22. The van der Waals surface area contributed by atoms with Gasteiger partial charge in [0.2, 0.25) is 0 Å². The normalized spacial score (nSPS) is 11.5. The van der Waals surface area contributed by atoms with Crippen LogP contribution in [0.2, 0.25) is 0 Å². The van der Waals surface area contributed by atoms with Crippen molar-refractivity contribution in [1.82, 2.24) is 5.32 Å². The molecule has 1 amide bonds. The largest absolute Gasteiger partial charge is 0.507 e. The number of Topliss-reactive ketones (excluding diaryl/α,β-unsaturated/α-hetero) is 1. The molecule has 0 heterocycles. The summed E-state index contributed by atoms with van der Waals surface area (Å²) >= 11 is 0. The second-order valence-corrected chi connectivity index (χ2v) is 5.84. The highest BCUT2D eigenvalue weighted by molar-refractivity contribution is 5.98. The van der Waals surface area contributed by atoms with E-state index in [2.05, 4.69) is 5.32 Å². The Morgan fingerprint density at radius 2 is 2.00 bits per heavy atom. The van der Waals surface area contributed by atoms with Gasteiger partial charge in [0, 0.05) is 13.0 Å². The van der Waals surface area contributed by atoms with E-state index in [4.69, 9.17) is 4.74 Å². The van der Waals surface area contributed by atoms with Crippen LogP contribution < -0.4 is 5.32 Å². The summed E-state index contributed by atoms with van der Waals surface area (Å²) in [7, 11) is 0. The van der Waals surface area contributed by atoms with E-state index in [0.29, 0.717) is 18.5 Å². The van der Waals surface area contributed by atoms with E-state index >= 15 is 0 Å². The summed E-state index contributed by atoms with van der Waals surface area (Å²) in [5, 5.41) is 12.3. The molecule has 1 aromatic carbocycles. The molecule has 0 radical (unpaired) electrons. The Hall–Kier alpha value is -2.30. The number of benzene rings is 1. The zero-order valence-corrected chi connectivity index (χ0v) is 13.5. The van der Waals surface area contributed by atoms with Gasteiger partial charge in [-0.3, -0.25) is 4.79 Å². The summed E-state index contributed by atoms with van der Waals surface area (Å²) in [5.74, 6) is -0.129. The lowest BCUT2D eigenvalue weighted by atomic mass is 10.0. The Kier molecular flexibility index (Phi) is 6.16. The molecule has 0 aliphatic rings. The van der Waals surface area contributed by atoms with E-state index in [9.17, 15) is 14.7 Å². The minimum atomic E-state index is -0.528. The molecule has 1 rings (SSSR count). The molecule has 22 heavy (non-hydrogen) atoms. The molecule has 0 unspecified atom stereocenters. The number of nitrogens with one attached hydrogen (secondary N) is 1. The lowest BCUT2D eigenvalue weighted by Crippen LogP contribution is -2.32. The Morgan fingerprint density at radius 1 is 1.32 bits per heavy atom. The summed E-state index contributed by atoms with van der Waals surface area (Å²) in [5.41, 5.74) is 0.561. The van der Waals surface area contributed by atoms with Crippen LogP contribution in [-0.4, -0.2) is 29.1 Å². The lowest BCUT2D eigenvalue weighted by molar-refractivity contribution is 0.0534. The van der Waals surface area contributed by atoms with Gasteiger partial charge < -0.3 is 15.2 Å². The average molecular weight is 305 g/mol. The van der Waals surface area contributed by atoms with Crippen LogP contribution in [0.15, 0.2) is 24.3 Å². The maximum atomic E-state index is 11.7. The summed E-state index contributed by atoms with van der Waals surface area (Å²) in [4.78, 5) is 23.1. The quantitative estimate of drug-likeness (QED) is 0.816. The minimum Gasteiger partial charge on any atom is -0.507 e. The third-order valence-electron chi connectivity index (χ3n) is 2.72. The molecule has 0 bridgehead atoms. The van der Waals surface area contributed by atoms with Crippen molar-refractivity contribution in [1.29, 1.82) is 0 Å². The van der Waals surface area contributed by atoms with Crippen LogP contribution >= 0.6 is 0 Å². The van der Waals surface area contributed by atoms with Gasteiger partial charge in [0.1, 0.15) is 11.4 Å². The van der Waals surface area contributed by atoms with Crippen molar-refractivity contribution in [3.63, 3.8) is 0 Å². The molecule has 0 fully saturated rings. The van der Waals surface area contributed by atoms with Crippen molar-refractivity contribution < 1.29 is 19.4 Å². The number of carbonyl (C=O) groups is 2.